The second-order valence-corrected chi connectivity index (χ2v) is 8.97. The van der Waals surface area contributed by atoms with Crippen molar-refractivity contribution in [3.63, 3.8) is 0 Å². The maximum atomic E-state index is 13.3. The third kappa shape index (κ3) is 4.26. The summed E-state index contributed by atoms with van der Waals surface area (Å²) in [6.45, 7) is 0.578. The number of piperidine rings is 3. The number of rotatable bonds is 5. The minimum Gasteiger partial charge on any atom is -0.434 e. The van der Waals surface area contributed by atoms with Gasteiger partial charge in [0.1, 0.15) is 5.75 Å². The highest BCUT2D eigenvalue weighted by Crippen LogP contribution is 2.41. The Balaban J connectivity index is 1.57. The normalized spacial score (nSPS) is 29.8. The fourth-order valence-corrected chi connectivity index (χ4v) is 5.71. The highest BCUT2D eigenvalue weighted by atomic mass is 19.3. The molecule has 4 atom stereocenters. The van der Waals surface area contributed by atoms with Crippen LogP contribution in [0.25, 0.3) is 0 Å². The monoisotopic (exact) mass is 407 g/mol. The largest absolute Gasteiger partial charge is 0.434 e. The Bertz CT molecular complexity index is 730. The molecule has 2 bridgehead atoms. The zero-order chi connectivity index (χ0) is 20.5. The van der Waals surface area contributed by atoms with E-state index < -0.39 is 6.61 Å². The quantitative estimate of drug-likeness (QED) is 0.751. The third-order valence-corrected chi connectivity index (χ3v) is 6.79. The summed E-state index contributed by atoms with van der Waals surface area (Å²) >= 11 is 0. The predicted molar refractivity (Wildman–Crippen MR) is 107 cm³/mol. The SMILES string of the molecule is CN(C)C[C@H]1[C@H]2C[C@H](CN(C(=O)c3ccccc3OC(F)F)C2)[C@@H]2CCCCN21. The lowest BCUT2D eigenvalue weighted by atomic mass is 9.72. The number of carbonyl (C=O) groups excluding carboxylic acids is 1. The number of halogens is 2. The van der Waals surface area contributed by atoms with Crippen molar-refractivity contribution in [1.82, 2.24) is 14.7 Å². The van der Waals surface area contributed by atoms with Crippen molar-refractivity contribution in [2.45, 2.75) is 44.4 Å². The molecule has 0 saturated carbocycles. The van der Waals surface area contributed by atoms with Crippen LogP contribution in [-0.2, 0) is 0 Å². The predicted octanol–water partition coefficient (Wildman–Crippen LogP) is 3.16. The van der Waals surface area contributed by atoms with E-state index in [1.54, 1.807) is 18.2 Å². The molecule has 0 unspecified atom stereocenters. The average Bonchev–Trinajstić information content (AvgIpc) is 2.70. The van der Waals surface area contributed by atoms with Gasteiger partial charge in [-0.1, -0.05) is 18.6 Å². The van der Waals surface area contributed by atoms with Gasteiger partial charge in [-0.05, 0) is 63.9 Å². The molecule has 5 nitrogen and oxygen atoms in total. The molecule has 1 aromatic rings. The summed E-state index contributed by atoms with van der Waals surface area (Å²) in [5.74, 6) is 0.647. The molecule has 29 heavy (non-hydrogen) atoms. The number of para-hydroxylation sites is 1. The maximum absolute atomic E-state index is 13.3. The maximum Gasteiger partial charge on any atom is 0.387 e. The number of likely N-dealkylation sites (tertiary alicyclic amines) is 1. The number of hydrogen-bond acceptors (Lipinski definition) is 4. The van der Waals surface area contributed by atoms with Gasteiger partial charge in [0, 0.05) is 31.7 Å². The molecular weight excluding hydrogens is 376 g/mol. The lowest BCUT2D eigenvalue weighted by Gasteiger charge is -2.57. The summed E-state index contributed by atoms with van der Waals surface area (Å²) in [6.07, 6.45) is 4.84. The van der Waals surface area contributed by atoms with E-state index in [0.717, 1.165) is 19.5 Å². The van der Waals surface area contributed by atoms with Crippen molar-refractivity contribution in [1.29, 1.82) is 0 Å². The summed E-state index contributed by atoms with van der Waals surface area (Å²) in [5.41, 5.74) is 0.234. The second kappa shape index (κ2) is 8.56. The Labute approximate surface area is 171 Å². The van der Waals surface area contributed by atoms with Crippen LogP contribution in [0.2, 0.25) is 0 Å². The molecule has 1 amide bonds. The number of ether oxygens (including phenoxy) is 1. The van der Waals surface area contributed by atoms with E-state index in [-0.39, 0.29) is 17.2 Å². The van der Waals surface area contributed by atoms with Gasteiger partial charge in [-0.2, -0.15) is 8.78 Å². The summed E-state index contributed by atoms with van der Waals surface area (Å²) < 4.78 is 30.2. The van der Waals surface area contributed by atoms with E-state index >= 15 is 0 Å². The minimum atomic E-state index is -2.94. The van der Waals surface area contributed by atoms with Crippen LogP contribution < -0.4 is 4.74 Å². The molecule has 3 heterocycles. The Kier molecular flexibility index (Phi) is 6.06. The van der Waals surface area contributed by atoms with Crippen molar-refractivity contribution in [2.75, 3.05) is 40.3 Å². The molecule has 3 fully saturated rings. The number of carbonyl (C=O) groups is 1. The van der Waals surface area contributed by atoms with E-state index in [0.29, 0.717) is 37.0 Å². The number of hydrogen-bond donors (Lipinski definition) is 0. The van der Waals surface area contributed by atoms with E-state index in [1.807, 2.05) is 4.90 Å². The van der Waals surface area contributed by atoms with Crippen LogP contribution in [0.15, 0.2) is 24.3 Å². The van der Waals surface area contributed by atoms with Gasteiger partial charge in [-0.15, -0.1) is 0 Å². The summed E-state index contributed by atoms with van der Waals surface area (Å²) in [4.78, 5) is 20.1. The van der Waals surface area contributed by atoms with E-state index in [1.165, 1.54) is 25.3 Å². The van der Waals surface area contributed by atoms with Crippen LogP contribution in [0.4, 0.5) is 8.78 Å². The van der Waals surface area contributed by atoms with Gasteiger partial charge in [0.05, 0.1) is 5.56 Å². The molecule has 4 rings (SSSR count). The van der Waals surface area contributed by atoms with Crippen LogP contribution in [0.3, 0.4) is 0 Å². The molecule has 0 aromatic heterocycles. The number of nitrogens with zero attached hydrogens (tertiary/aromatic N) is 3. The molecule has 0 aliphatic carbocycles. The zero-order valence-electron chi connectivity index (χ0n) is 17.3. The highest BCUT2D eigenvalue weighted by Gasteiger charge is 2.48. The molecule has 0 spiro atoms. The number of alkyl halides is 2. The Morgan fingerprint density at radius 3 is 2.72 bits per heavy atom. The Morgan fingerprint density at radius 2 is 1.97 bits per heavy atom. The van der Waals surface area contributed by atoms with Crippen LogP contribution in [0, 0.1) is 11.8 Å². The Morgan fingerprint density at radius 1 is 1.21 bits per heavy atom. The second-order valence-electron chi connectivity index (χ2n) is 8.97. The van der Waals surface area contributed by atoms with Crippen molar-refractivity contribution in [3.05, 3.63) is 29.8 Å². The van der Waals surface area contributed by atoms with E-state index in [2.05, 4.69) is 28.6 Å². The molecule has 3 aliphatic heterocycles. The smallest absolute Gasteiger partial charge is 0.387 e. The fourth-order valence-electron chi connectivity index (χ4n) is 5.71. The zero-order valence-corrected chi connectivity index (χ0v) is 17.3. The first-order valence-electron chi connectivity index (χ1n) is 10.7. The molecule has 3 saturated heterocycles. The van der Waals surface area contributed by atoms with E-state index in [9.17, 15) is 13.6 Å². The van der Waals surface area contributed by atoms with Crippen molar-refractivity contribution >= 4 is 5.91 Å². The first-order valence-corrected chi connectivity index (χ1v) is 10.7. The van der Waals surface area contributed by atoms with Gasteiger partial charge in [-0.25, -0.2) is 0 Å². The molecular formula is C22H31F2N3O2. The lowest BCUT2D eigenvalue weighted by Crippen LogP contribution is -2.65. The van der Waals surface area contributed by atoms with Crippen molar-refractivity contribution < 1.29 is 18.3 Å². The molecule has 160 valence electrons. The number of benzene rings is 1. The summed E-state index contributed by atoms with van der Waals surface area (Å²) in [5, 5.41) is 0. The molecule has 1 aromatic carbocycles. The highest BCUT2D eigenvalue weighted by molar-refractivity contribution is 5.97. The van der Waals surface area contributed by atoms with Crippen LogP contribution >= 0.6 is 0 Å². The van der Waals surface area contributed by atoms with E-state index in [4.69, 9.17) is 0 Å². The van der Waals surface area contributed by atoms with Crippen LogP contribution in [0.1, 0.15) is 36.0 Å². The van der Waals surface area contributed by atoms with Crippen LogP contribution in [-0.4, -0.2) is 79.6 Å². The van der Waals surface area contributed by atoms with Gasteiger partial charge in [0.2, 0.25) is 0 Å². The van der Waals surface area contributed by atoms with Gasteiger partial charge < -0.3 is 14.5 Å². The standard InChI is InChI=1S/C22H31F2N3O2/c1-25(2)14-19-16-11-15(18-8-5-6-10-27(18)19)12-26(13-16)21(28)17-7-3-4-9-20(17)29-22(23)24/h3-4,7,9,15-16,18-19,22H,5-6,8,10-14H2,1-2H3/t15-,16+,18+,19+/m1/s1. The fraction of sp³-hybridized carbons (Fsp3) is 0.682. The molecule has 0 N–H and O–H groups in total. The summed E-state index contributed by atoms with van der Waals surface area (Å²) in [6, 6.07) is 7.32. The van der Waals surface area contributed by atoms with Gasteiger partial charge >= 0.3 is 6.61 Å². The average molecular weight is 408 g/mol. The van der Waals surface area contributed by atoms with Crippen molar-refractivity contribution in [2.24, 2.45) is 11.8 Å². The summed E-state index contributed by atoms with van der Waals surface area (Å²) in [7, 11) is 4.21. The van der Waals surface area contributed by atoms with Gasteiger partial charge in [-0.3, -0.25) is 9.69 Å². The number of likely N-dealkylation sites (N-methyl/N-ethyl adjacent to an activating group) is 1. The topological polar surface area (TPSA) is 36.0 Å². The molecule has 3 aliphatic rings. The lowest BCUT2D eigenvalue weighted by molar-refractivity contribution is -0.0706. The third-order valence-electron chi connectivity index (χ3n) is 6.79. The van der Waals surface area contributed by atoms with Crippen molar-refractivity contribution in [3.8, 4) is 5.75 Å². The van der Waals surface area contributed by atoms with Gasteiger partial charge in [0.15, 0.2) is 0 Å². The molecule has 0 radical (unpaired) electrons. The number of fused-ring (bicyclic) bond motifs is 4. The molecule has 7 heteroatoms. The Hall–Kier alpha value is -1.73. The van der Waals surface area contributed by atoms with Crippen LogP contribution in [0.5, 0.6) is 5.75 Å². The minimum absolute atomic E-state index is 0.0348. The van der Waals surface area contributed by atoms with Gasteiger partial charge in [0.25, 0.3) is 5.91 Å². The first-order chi connectivity index (χ1) is 13.9. The first kappa shape index (κ1) is 20.5. The number of amides is 1.